The SMILES string of the molecule is N#Cc1c(NC(=O)c2cc(Cl)ccc2[N+](=O)[O-])sc2c1CCC2. The average Bonchev–Trinajstić information content (AvgIpc) is 3.07. The highest BCUT2D eigenvalue weighted by atomic mass is 35.5. The number of carbonyl (C=O) groups excluding carboxylic acids is 1. The molecule has 0 saturated carbocycles. The molecular weight excluding hydrogens is 338 g/mol. The van der Waals surface area contributed by atoms with Crippen LogP contribution in [0.25, 0.3) is 0 Å². The topological polar surface area (TPSA) is 96.0 Å². The van der Waals surface area contributed by atoms with E-state index in [1.807, 2.05) is 0 Å². The van der Waals surface area contributed by atoms with Crippen LogP contribution in [0.1, 0.15) is 32.8 Å². The monoisotopic (exact) mass is 347 g/mol. The van der Waals surface area contributed by atoms with Gasteiger partial charge in [-0.25, -0.2) is 0 Å². The Balaban J connectivity index is 1.96. The van der Waals surface area contributed by atoms with Gasteiger partial charge >= 0.3 is 0 Å². The molecule has 1 aliphatic rings. The minimum absolute atomic E-state index is 0.125. The van der Waals surface area contributed by atoms with Crippen LogP contribution < -0.4 is 5.32 Å². The lowest BCUT2D eigenvalue weighted by molar-refractivity contribution is -0.385. The third-order valence-electron chi connectivity index (χ3n) is 3.66. The van der Waals surface area contributed by atoms with Gasteiger partial charge in [0.05, 0.1) is 10.5 Å². The third kappa shape index (κ3) is 2.79. The van der Waals surface area contributed by atoms with Gasteiger partial charge in [0.1, 0.15) is 16.6 Å². The highest BCUT2D eigenvalue weighted by Gasteiger charge is 2.26. The predicted molar refractivity (Wildman–Crippen MR) is 87.1 cm³/mol. The van der Waals surface area contributed by atoms with Crippen LogP contribution in [-0.4, -0.2) is 10.8 Å². The number of nitrogens with zero attached hydrogens (tertiary/aromatic N) is 2. The number of fused-ring (bicyclic) bond motifs is 1. The van der Waals surface area contributed by atoms with E-state index in [1.165, 1.54) is 29.5 Å². The molecule has 2 aromatic rings. The number of carbonyl (C=O) groups is 1. The first-order valence-electron chi connectivity index (χ1n) is 6.81. The van der Waals surface area contributed by atoms with Gasteiger partial charge < -0.3 is 5.32 Å². The number of benzene rings is 1. The Hall–Kier alpha value is -2.43. The van der Waals surface area contributed by atoms with Gasteiger partial charge in [-0.3, -0.25) is 14.9 Å². The van der Waals surface area contributed by atoms with E-state index < -0.39 is 10.8 Å². The molecule has 1 amide bonds. The fourth-order valence-electron chi connectivity index (χ4n) is 2.63. The molecule has 6 nitrogen and oxygen atoms in total. The van der Waals surface area contributed by atoms with E-state index in [2.05, 4.69) is 11.4 Å². The van der Waals surface area contributed by atoms with Crippen molar-refractivity contribution in [1.82, 2.24) is 0 Å². The second-order valence-electron chi connectivity index (χ2n) is 5.05. The highest BCUT2D eigenvalue weighted by molar-refractivity contribution is 7.16. The number of thiophene rings is 1. The average molecular weight is 348 g/mol. The predicted octanol–water partition coefficient (Wildman–Crippen LogP) is 3.92. The van der Waals surface area contributed by atoms with Crippen molar-refractivity contribution in [3.8, 4) is 6.07 Å². The van der Waals surface area contributed by atoms with Gasteiger partial charge in [0, 0.05) is 16.0 Å². The Kier molecular flexibility index (Phi) is 4.03. The summed E-state index contributed by atoms with van der Waals surface area (Å²) < 4.78 is 0. The van der Waals surface area contributed by atoms with Crippen molar-refractivity contribution in [2.45, 2.75) is 19.3 Å². The lowest BCUT2D eigenvalue weighted by atomic mass is 10.1. The first-order chi connectivity index (χ1) is 11.0. The second kappa shape index (κ2) is 5.99. The number of nitrogens with one attached hydrogen (secondary N) is 1. The van der Waals surface area contributed by atoms with Crippen LogP contribution in [0.5, 0.6) is 0 Å². The summed E-state index contributed by atoms with van der Waals surface area (Å²) in [5.41, 5.74) is 0.989. The summed E-state index contributed by atoms with van der Waals surface area (Å²) >= 11 is 7.19. The molecule has 0 unspecified atom stereocenters. The minimum Gasteiger partial charge on any atom is -0.312 e. The van der Waals surface area contributed by atoms with Crippen molar-refractivity contribution in [3.05, 3.63) is 54.9 Å². The Morgan fingerprint density at radius 3 is 2.91 bits per heavy atom. The van der Waals surface area contributed by atoms with Crippen LogP contribution in [0.3, 0.4) is 0 Å². The van der Waals surface area contributed by atoms with Crippen LogP contribution in [0.4, 0.5) is 10.7 Å². The zero-order valence-electron chi connectivity index (χ0n) is 11.8. The fraction of sp³-hybridized carbons (Fsp3) is 0.200. The number of nitro benzene ring substituents is 1. The van der Waals surface area contributed by atoms with Gasteiger partial charge in [-0.2, -0.15) is 5.26 Å². The van der Waals surface area contributed by atoms with Gasteiger partial charge in [0.25, 0.3) is 11.6 Å². The molecule has 8 heteroatoms. The van der Waals surface area contributed by atoms with Crippen molar-refractivity contribution < 1.29 is 9.72 Å². The summed E-state index contributed by atoms with van der Waals surface area (Å²) in [6, 6.07) is 5.92. The van der Waals surface area contributed by atoms with Gasteiger partial charge in [-0.1, -0.05) is 11.6 Å². The quantitative estimate of drug-likeness (QED) is 0.672. The van der Waals surface area contributed by atoms with E-state index in [9.17, 15) is 20.2 Å². The normalized spacial score (nSPS) is 12.5. The molecular formula is C15H10ClN3O3S. The first kappa shape index (κ1) is 15.5. The van der Waals surface area contributed by atoms with Gasteiger partial charge in [-0.05, 0) is 37.0 Å². The number of anilines is 1. The van der Waals surface area contributed by atoms with Crippen molar-refractivity contribution in [2.24, 2.45) is 0 Å². The van der Waals surface area contributed by atoms with E-state index in [4.69, 9.17) is 11.6 Å². The Morgan fingerprint density at radius 1 is 1.43 bits per heavy atom. The van der Waals surface area contributed by atoms with Crippen LogP contribution >= 0.6 is 22.9 Å². The maximum atomic E-state index is 12.4. The molecule has 0 saturated heterocycles. The zero-order valence-corrected chi connectivity index (χ0v) is 13.3. The molecule has 0 atom stereocenters. The summed E-state index contributed by atoms with van der Waals surface area (Å²) in [6.07, 6.45) is 2.72. The molecule has 116 valence electrons. The lowest BCUT2D eigenvalue weighted by Crippen LogP contribution is -2.14. The molecule has 1 aromatic heterocycles. The van der Waals surface area contributed by atoms with E-state index in [0.29, 0.717) is 10.6 Å². The summed E-state index contributed by atoms with van der Waals surface area (Å²) in [7, 11) is 0. The second-order valence-corrected chi connectivity index (χ2v) is 6.59. The number of aryl methyl sites for hydroxylation is 1. The third-order valence-corrected chi connectivity index (χ3v) is 5.10. The molecule has 3 rings (SSSR count). The molecule has 1 heterocycles. The van der Waals surface area contributed by atoms with Crippen LogP contribution in [-0.2, 0) is 12.8 Å². The van der Waals surface area contributed by atoms with Crippen molar-refractivity contribution in [2.75, 3.05) is 5.32 Å². The molecule has 0 spiro atoms. The molecule has 23 heavy (non-hydrogen) atoms. The molecule has 1 aromatic carbocycles. The molecule has 0 radical (unpaired) electrons. The van der Waals surface area contributed by atoms with Crippen molar-refractivity contribution in [3.63, 3.8) is 0 Å². The maximum absolute atomic E-state index is 12.4. The summed E-state index contributed by atoms with van der Waals surface area (Å²) in [5, 5.41) is 23.7. The smallest absolute Gasteiger partial charge is 0.282 e. The highest BCUT2D eigenvalue weighted by Crippen LogP contribution is 2.39. The lowest BCUT2D eigenvalue weighted by Gasteiger charge is -2.05. The number of amides is 1. The Morgan fingerprint density at radius 2 is 2.22 bits per heavy atom. The van der Waals surface area contributed by atoms with Crippen molar-refractivity contribution >= 4 is 39.5 Å². The van der Waals surface area contributed by atoms with Crippen LogP contribution in [0.2, 0.25) is 5.02 Å². The van der Waals surface area contributed by atoms with Gasteiger partial charge in [-0.15, -0.1) is 11.3 Å². The standard InChI is InChI=1S/C15H10ClN3O3S/c16-8-4-5-12(19(21)22)10(6-8)14(20)18-15-11(7-17)9-2-1-3-13(9)23-15/h4-6H,1-3H2,(H,18,20). The fourth-order valence-corrected chi connectivity index (χ4v) is 4.04. The van der Waals surface area contributed by atoms with E-state index in [1.54, 1.807) is 0 Å². The van der Waals surface area contributed by atoms with E-state index >= 15 is 0 Å². The summed E-state index contributed by atoms with van der Waals surface area (Å²) in [4.78, 5) is 23.9. The molecule has 1 aliphatic carbocycles. The maximum Gasteiger partial charge on any atom is 0.282 e. The first-order valence-corrected chi connectivity index (χ1v) is 8.00. The van der Waals surface area contributed by atoms with Crippen LogP contribution in [0.15, 0.2) is 18.2 Å². The number of hydrogen-bond donors (Lipinski definition) is 1. The van der Waals surface area contributed by atoms with Crippen molar-refractivity contribution in [1.29, 1.82) is 5.26 Å². The molecule has 0 aliphatic heterocycles. The van der Waals surface area contributed by atoms with Gasteiger partial charge in [0.2, 0.25) is 0 Å². The minimum atomic E-state index is -0.643. The van der Waals surface area contributed by atoms with E-state index in [0.717, 1.165) is 29.7 Å². The summed E-state index contributed by atoms with van der Waals surface area (Å²) in [6.45, 7) is 0. The molecule has 1 N–H and O–H groups in total. The number of nitro groups is 1. The van der Waals surface area contributed by atoms with Gasteiger partial charge in [0.15, 0.2) is 0 Å². The zero-order chi connectivity index (χ0) is 16.6. The molecule has 0 fully saturated rings. The number of rotatable bonds is 3. The van der Waals surface area contributed by atoms with E-state index in [-0.39, 0.29) is 16.3 Å². The number of halogens is 1. The Labute approximate surface area is 140 Å². The largest absolute Gasteiger partial charge is 0.312 e. The number of nitriles is 1. The number of hydrogen-bond acceptors (Lipinski definition) is 5. The van der Waals surface area contributed by atoms with Crippen LogP contribution in [0, 0.1) is 21.4 Å². The molecule has 0 bridgehead atoms. The summed E-state index contributed by atoms with van der Waals surface area (Å²) in [5.74, 6) is -0.643. The Bertz CT molecular complexity index is 870.